The van der Waals surface area contributed by atoms with E-state index in [-0.39, 0.29) is 33.7 Å². The molecule has 9 heteroatoms. The Labute approximate surface area is 189 Å². The monoisotopic (exact) mass is 462 g/mol. The number of hydrogen-bond donors (Lipinski definition) is 0. The SMILES string of the molecule is CC(C)(C)[Si](C)(C)OC[C@H]1O[C@@H](n2cnc(C#N)c2C#N)C[C@@H]1O[Si](C)(C)C(C)(C)C. The minimum absolute atomic E-state index is 0.0662. The number of nitriles is 2. The number of nitrogens with zero attached hydrogens (tertiary/aromatic N) is 4. The van der Waals surface area contributed by atoms with Gasteiger partial charge in [-0.3, -0.25) is 4.57 Å². The van der Waals surface area contributed by atoms with E-state index in [0.29, 0.717) is 13.0 Å². The number of hydrogen-bond acceptors (Lipinski definition) is 6. The van der Waals surface area contributed by atoms with Gasteiger partial charge in [0, 0.05) is 6.42 Å². The van der Waals surface area contributed by atoms with Crippen LogP contribution in [0.25, 0.3) is 0 Å². The molecule has 1 aromatic rings. The first-order chi connectivity index (χ1) is 14.0. The normalized spacial score (nSPS) is 22.9. The Bertz CT molecular complexity index is 869. The number of rotatable bonds is 6. The number of imidazole rings is 1. The van der Waals surface area contributed by atoms with Gasteiger partial charge < -0.3 is 13.6 Å². The van der Waals surface area contributed by atoms with Crippen LogP contribution in [-0.2, 0) is 13.6 Å². The van der Waals surface area contributed by atoms with E-state index in [1.165, 1.54) is 6.33 Å². The molecule has 0 amide bonds. The maximum absolute atomic E-state index is 9.54. The highest BCUT2D eigenvalue weighted by Gasteiger charge is 2.47. The molecule has 0 spiro atoms. The second kappa shape index (κ2) is 8.80. The molecule has 1 aliphatic rings. The first-order valence-corrected chi connectivity index (χ1v) is 16.7. The van der Waals surface area contributed by atoms with Crippen LogP contribution in [-0.4, -0.2) is 45.0 Å². The molecule has 31 heavy (non-hydrogen) atoms. The Hall–Kier alpha value is -1.50. The standard InChI is InChI=1S/C22H38N4O3Si2/c1-21(2,3)30(7,8)27-14-19-18(29-31(9,10)22(4,5)6)11-20(28-19)26-15-25-16(12-23)17(26)13-24/h15,18-20H,11,14H2,1-10H3/t18-,19+,20+/m0/s1. The number of ether oxygens (including phenoxy) is 1. The van der Waals surface area contributed by atoms with Crippen molar-refractivity contribution in [3.63, 3.8) is 0 Å². The van der Waals surface area contributed by atoms with Crippen LogP contribution in [0.2, 0.25) is 36.3 Å². The van der Waals surface area contributed by atoms with E-state index >= 15 is 0 Å². The van der Waals surface area contributed by atoms with Gasteiger partial charge in [-0.05, 0) is 36.3 Å². The van der Waals surface area contributed by atoms with E-state index < -0.39 is 22.9 Å². The Balaban J connectivity index is 2.31. The number of aromatic nitrogens is 2. The van der Waals surface area contributed by atoms with E-state index in [2.05, 4.69) is 78.8 Å². The summed E-state index contributed by atoms with van der Waals surface area (Å²) in [5, 5.41) is 19.0. The van der Waals surface area contributed by atoms with Crippen LogP contribution in [0, 0.1) is 22.7 Å². The molecule has 172 valence electrons. The van der Waals surface area contributed by atoms with Crippen molar-refractivity contribution in [2.75, 3.05) is 6.61 Å². The van der Waals surface area contributed by atoms with Gasteiger partial charge in [-0.2, -0.15) is 10.5 Å². The average Bonchev–Trinajstić information content (AvgIpc) is 3.20. The molecule has 7 nitrogen and oxygen atoms in total. The van der Waals surface area contributed by atoms with Crippen LogP contribution in [0.3, 0.4) is 0 Å². The fourth-order valence-electron chi connectivity index (χ4n) is 2.98. The second-order valence-corrected chi connectivity index (χ2v) is 21.0. The molecule has 1 aromatic heterocycles. The lowest BCUT2D eigenvalue weighted by molar-refractivity contribution is -0.0398. The molecule has 2 rings (SSSR count). The molecule has 1 saturated heterocycles. The van der Waals surface area contributed by atoms with Crippen molar-refractivity contribution in [3.8, 4) is 12.1 Å². The molecule has 0 bridgehead atoms. The summed E-state index contributed by atoms with van der Waals surface area (Å²) in [6.07, 6.45) is 1.31. The van der Waals surface area contributed by atoms with E-state index in [0.717, 1.165) is 0 Å². The van der Waals surface area contributed by atoms with Crippen LogP contribution in [0.4, 0.5) is 0 Å². The summed E-state index contributed by atoms with van der Waals surface area (Å²) in [4.78, 5) is 4.07. The van der Waals surface area contributed by atoms with Gasteiger partial charge in [-0.1, -0.05) is 41.5 Å². The van der Waals surface area contributed by atoms with Gasteiger partial charge in [-0.15, -0.1) is 0 Å². The van der Waals surface area contributed by atoms with Crippen molar-refractivity contribution in [2.24, 2.45) is 0 Å². The molecule has 2 heterocycles. The third-order valence-corrected chi connectivity index (χ3v) is 16.2. The van der Waals surface area contributed by atoms with Crippen molar-refractivity contribution < 1.29 is 13.6 Å². The van der Waals surface area contributed by atoms with E-state index in [9.17, 15) is 10.5 Å². The third-order valence-electron chi connectivity index (χ3n) is 7.16. The van der Waals surface area contributed by atoms with E-state index in [1.807, 2.05) is 6.07 Å². The lowest BCUT2D eigenvalue weighted by Gasteiger charge is -2.40. The summed E-state index contributed by atoms with van der Waals surface area (Å²) in [5.41, 5.74) is 0.346. The fraction of sp³-hybridized carbons (Fsp3) is 0.773. The molecule has 0 aliphatic carbocycles. The van der Waals surface area contributed by atoms with Crippen molar-refractivity contribution in [1.29, 1.82) is 10.5 Å². The molecule has 1 aliphatic heterocycles. The molecule has 0 radical (unpaired) electrons. The topological polar surface area (TPSA) is 93.1 Å². The molecular weight excluding hydrogens is 424 g/mol. The maximum Gasteiger partial charge on any atom is 0.192 e. The Kier molecular flexibility index (Phi) is 7.31. The maximum atomic E-state index is 9.54. The molecule has 0 aromatic carbocycles. The second-order valence-electron chi connectivity index (χ2n) is 11.4. The van der Waals surface area contributed by atoms with Gasteiger partial charge in [0.2, 0.25) is 0 Å². The van der Waals surface area contributed by atoms with Crippen LogP contribution in [0.5, 0.6) is 0 Å². The molecule has 0 N–H and O–H groups in total. The van der Waals surface area contributed by atoms with Crippen molar-refractivity contribution in [2.45, 2.75) is 103 Å². The predicted octanol–water partition coefficient (Wildman–Crippen LogP) is 5.33. The zero-order chi connectivity index (χ0) is 23.8. The minimum Gasteiger partial charge on any atom is -0.414 e. The fourth-order valence-corrected chi connectivity index (χ4v) is 5.35. The summed E-state index contributed by atoms with van der Waals surface area (Å²) in [6.45, 7) is 22.7. The van der Waals surface area contributed by atoms with Gasteiger partial charge in [-0.25, -0.2) is 4.98 Å². The highest BCUT2D eigenvalue weighted by atomic mass is 28.4. The summed E-state index contributed by atoms with van der Waals surface area (Å²) in [7, 11) is -4.00. The summed E-state index contributed by atoms with van der Waals surface area (Å²) in [6, 6.07) is 4.07. The van der Waals surface area contributed by atoms with E-state index in [4.69, 9.17) is 13.6 Å². The van der Waals surface area contributed by atoms with Gasteiger partial charge >= 0.3 is 0 Å². The Morgan fingerprint density at radius 2 is 1.65 bits per heavy atom. The zero-order valence-electron chi connectivity index (χ0n) is 20.7. The van der Waals surface area contributed by atoms with Crippen LogP contribution < -0.4 is 0 Å². The van der Waals surface area contributed by atoms with Gasteiger partial charge in [0.15, 0.2) is 28.0 Å². The van der Waals surface area contributed by atoms with E-state index in [1.54, 1.807) is 4.57 Å². The first kappa shape index (κ1) is 25.8. The Morgan fingerprint density at radius 3 is 2.13 bits per heavy atom. The Morgan fingerprint density at radius 1 is 1.06 bits per heavy atom. The lowest BCUT2D eigenvalue weighted by Crippen LogP contribution is -2.48. The predicted molar refractivity (Wildman–Crippen MR) is 125 cm³/mol. The molecule has 1 fully saturated rings. The summed E-state index contributed by atoms with van der Waals surface area (Å²) >= 11 is 0. The van der Waals surface area contributed by atoms with Gasteiger partial charge in [0.05, 0.1) is 19.0 Å². The minimum atomic E-state index is -2.04. The average molecular weight is 463 g/mol. The summed E-state index contributed by atoms with van der Waals surface area (Å²) in [5.74, 6) is 0. The highest BCUT2D eigenvalue weighted by Crippen LogP contribution is 2.42. The first-order valence-electron chi connectivity index (χ1n) is 10.9. The van der Waals surface area contributed by atoms with Crippen molar-refractivity contribution >= 4 is 16.6 Å². The van der Waals surface area contributed by atoms with Crippen LogP contribution in [0.1, 0.15) is 65.6 Å². The van der Waals surface area contributed by atoms with Crippen molar-refractivity contribution in [3.05, 3.63) is 17.7 Å². The van der Waals surface area contributed by atoms with Crippen LogP contribution in [0.15, 0.2) is 6.33 Å². The smallest absolute Gasteiger partial charge is 0.192 e. The van der Waals surface area contributed by atoms with Gasteiger partial charge in [0.25, 0.3) is 0 Å². The molecule has 0 unspecified atom stereocenters. The molecule has 0 saturated carbocycles. The molecule has 3 atom stereocenters. The zero-order valence-corrected chi connectivity index (χ0v) is 22.7. The summed E-state index contributed by atoms with van der Waals surface area (Å²) < 4.78 is 21.3. The lowest BCUT2D eigenvalue weighted by atomic mass is 10.2. The largest absolute Gasteiger partial charge is 0.414 e. The van der Waals surface area contributed by atoms with Crippen LogP contribution >= 0.6 is 0 Å². The quantitative estimate of drug-likeness (QED) is 0.531. The molecular formula is C22H38N4O3Si2. The highest BCUT2D eigenvalue weighted by molar-refractivity contribution is 6.74. The van der Waals surface area contributed by atoms with Crippen molar-refractivity contribution in [1.82, 2.24) is 9.55 Å². The van der Waals surface area contributed by atoms with Gasteiger partial charge in [0.1, 0.15) is 24.5 Å². The third kappa shape index (κ3) is 5.47.